The molecule has 1 saturated carbocycles. The molecule has 4 rings (SSSR count). The molecule has 1 aromatic carbocycles. The zero-order valence-electron chi connectivity index (χ0n) is 16.4. The third-order valence-electron chi connectivity index (χ3n) is 6.34. The lowest BCUT2D eigenvalue weighted by Gasteiger charge is -2.41. The molecule has 2 aliphatic rings. The van der Waals surface area contributed by atoms with Gasteiger partial charge in [-0.1, -0.05) is 0 Å². The number of ether oxygens (including phenoxy) is 1. The fourth-order valence-corrected chi connectivity index (χ4v) is 4.24. The van der Waals surface area contributed by atoms with Gasteiger partial charge in [0.25, 0.3) is 0 Å². The lowest BCUT2D eigenvalue weighted by molar-refractivity contribution is 0.0340. The van der Waals surface area contributed by atoms with Gasteiger partial charge in [0, 0.05) is 30.7 Å². The summed E-state index contributed by atoms with van der Waals surface area (Å²) in [6.45, 7) is 1.18. The normalized spacial score (nSPS) is 18.8. The number of fused-ring (bicyclic) bond motifs is 1. The van der Waals surface area contributed by atoms with E-state index in [1.807, 2.05) is 4.57 Å². The Balaban J connectivity index is 1.83. The van der Waals surface area contributed by atoms with Gasteiger partial charge in [0.2, 0.25) is 5.43 Å². The number of hydrogen-bond donors (Lipinski definition) is 3. The zero-order chi connectivity index (χ0) is 20.8. The number of rotatable bonds is 6. The molecule has 0 spiro atoms. The standard InChI is InChI=1S/C21H26N2O6/c1-29-19-16(22-8-6-21(11-24,12-25)7-9-22)5-4-14-17(19)23(13-2-3-13)10-15(18(14)26)20(27)28/h4-5,10,13,24-25H,2-3,6-9,11-12H2,1H3,(H,27,28). The lowest BCUT2D eigenvalue weighted by Crippen LogP contribution is -2.44. The SMILES string of the molecule is COc1c(N2CCC(CO)(CO)CC2)ccc2c(=O)c(C(=O)O)cn(C3CC3)c12. The van der Waals surface area contributed by atoms with E-state index >= 15 is 0 Å². The molecule has 3 N–H and O–H groups in total. The van der Waals surface area contributed by atoms with Crippen LogP contribution in [-0.2, 0) is 0 Å². The second kappa shape index (κ2) is 7.35. The molecular formula is C21H26N2O6. The van der Waals surface area contributed by atoms with Crippen LogP contribution in [0.5, 0.6) is 5.75 Å². The molecule has 0 atom stereocenters. The first-order chi connectivity index (χ1) is 13.9. The molecule has 156 valence electrons. The molecule has 1 aliphatic heterocycles. The van der Waals surface area contributed by atoms with Gasteiger partial charge in [0.05, 0.1) is 36.9 Å². The number of carbonyl (C=O) groups is 1. The fourth-order valence-electron chi connectivity index (χ4n) is 4.24. The average molecular weight is 402 g/mol. The number of aromatic nitrogens is 1. The highest BCUT2D eigenvalue weighted by Gasteiger charge is 2.35. The van der Waals surface area contributed by atoms with Crippen LogP contribution in [0.1, 0.15) is 42.1 Å². The van der Waals surface area contributed by atoms with E-state index < -0.39 is 16.8 Å². The average Bonchev–Trinajstić information content (AvgIpc) is 3.58. The lowest BCUT2D eigenvalue weighted by atomic mass is 9.80. The van der Waals surface area contributed by atoms with Gasteiger partial charge in [-0.15, -0.1) is 0 Å². The smallest absolute Gasteiger partial charge is 0.341 e. The van der Waals surface area contributed by atoms with Gasteiger partial charge in [-0.05, 0) is 37.8 Å². The second-order valence-electron chi connectivity index (χ2n) is 8.13. The van der Waals surface area contributed by atoms with Crippen LogP contribution in [0.3, 0.4) is 0 Å². The molecule has 0 bridgehead atoms. The van der Waals surface area contributed by atoms with Crippen molar-refractivity contribution >= 4 is 22.6 Å². The Morgan fingerprint density at radius 3 is 2.38 bits per heavy atom. The molecule has 0 amide bonds. The highest BCUT2D eigenvalue weighted by molar-refractivity contribution is 5.97. The van der Waals surface area contributed by atoms with E-state index in [1.165, 1.54) is 6.20 Å². The van der Waals surface area contributed by atoms with Gasteiger partial charge >= 0.3 is 5.97 Å². The first-order valence-corrected chi connectivity index (χ1v) is 9.90. The van der Waals surface area contributed by atoms with Crippen molar-refractivity contribution in [2.45, 2.75) is 31.7 Å². The molecular weight excluding hydrogens is 376 g/mol. The molecule has 1 saturated heterocycles. The van der Waals surface area contributed by atoms with E-state index in [0.717, 1.165) is 18.5 Å². The minimum atomic E-state index is -1.23. The van der Waals surface area contributed by atoms with Crippen LogP contribution in [-0.4, -0.2) is 59.3 Å². The van der Waals surface area contributed by atoms with Crippen molar-refractivity contribution in [1.29, 1.82) is 0 Å². The number of pyridine rings is 1. The van der Waals surface area contributed by atoms with E-state index in [4.69, 9.17) is 4.74 Å². The topological polar surface area (TPSA) is 112 Å². The van der Waals surface area contributed by atoms with Crippen molar-refractivity contribution in [2.24, 2.45) is 5.41 Å². The van der Waals surface area contributed by atoms with Gasteiger partial charge in [0.15, 0.2) is 5.75 Å². The number of piperidine rings is 1. The summed E-state index contributed by atoms with van der Waals surface area (Å²) in [6.07, 6.45) is 4.60. The van der Waals surface area contributed by atoms with Gasteiger partial charge in [-0.2, -0.15) is 0 Å². The van der Waals surface area contributed by atoms with Crippen LogP contribution in [0.4, 0.5) is 5.69 Å². The third-order valence-corrected chi connectivity index (χ3v) is 6.34. The predicted molar refractivity (Wildman–Crippen MR) is 108 cm³/mol. The minimum absolute atomic E-state index is 0.0502. The summed E-state index contributed by atoms with van der Waals surface area (Å²) in [5.41, 5.74) is 0.262. The summed E-state index contributed by atoms with van der Waals surface area (Å²) in [5.74, 6) is -0.668. The largest absolute Gasteiger partial charge is 0.492 e. The van der Waals surface area contributed by atoms with E-state index in [-0.39, 0.29) is 24.8 Å². The molecule has 8 nitrogen and oxygen atoms in total. The van der Waals surface area contributed by atoms with Crippen LogP contribution < -0.4 is 15.1 Å². The molecule has 2 heterocycles. The minimum Gasteiger partial charge on any atom is -0.492 e. The van der Waals surface area contributed by atoms with Crippen molar-refractivity contribution in [2.75, 3.05) is 38.3 Å². The van der Waals surface area contributed by atoms with Crippen LogP contribution in [0.2, 0.25) is 0 Å². The van der Waals surface area contributed by atoms with Gasteiger partial charge in [-0.3, -0.25) is 4.79 Å². The number of aromatic carboxylic acids is 1. The number of benzene rings is 1. The van der Waals surface area contributed by atoms with Crippen molar-refractivity contribution in [3.05, 3.63) is 34.1 Å². The van der Waals surface area contributed by atoms with Gasteiger partial charge in [-0.25, -0.2) is 4.79 Å². The summed E-state index contributed by atoms with van der Waals surface area (Å²) in [6, 6.07) is 3.65. The van der Waals surface area contributed by atoms with Crippen molar-refractivity contribution in [3.63, 3.8) is 0 Å². The number of anilines is 1. The van der Waals surface area contributed by atoms with Gasteiger partial charge < -0.3 is 29.5 Å². The number of aliphatic hydroxyl groups is 2. The number of carboxylic acids is 1. The summed E-state index contributed by atoms with van der Waals surface area (Å²) < 4.78 is 7.62. The molecule has 1 aliphatic carbocycles. The Hall–Kier alpha value is -2.58. The molecule has 0 radical (unpaired) electrons. The molecule has 8 heteroatoms. The van der Waals surface area contributed by atoms with E-state index in [0.29, 0.717) is 42.6 Å². The zero-order valence-corrected chi connectivity index (χ0v) is 16.4. The number of carboxylic acid groups (broad SMARTS) is 1. The van der Waals surface area contributed by atoms with E-state index in [1.54, 1.807) is 19.2 Å². The van der Waals surface area contributed by atoms with Crippen molar-refractivity contribution in [3.8, 4) is 5.75 Å². The Labute approximate surface area is 167 Å². The van der Waals surface area contributed by atoms with Crippen molar-refractivity contribution < 1.29 is 24.9 Å². The van der Waals surface area contributed by atoms with Crippen molar-refractivity contribution in [1.82, 2.24) is 4.57 Å². The summed E-state index contributed by atoms with van der Waals surface area (Å²) in [7, 11) is 1.56. The second-order valence-corrected chi connectivity index (χ2v) is 8.13. The molecule has 29 heavy (non-hydrogen) atoms. The maximum Gasteiger partial charge on any atom is 0.341 e. The number of nitrogens with zero attached hydrogens (tertiary/aromatic N) is 2. The Morgan fingerprint density at radius 1 is 1.21 bits per heavy atom. The quantitative estimate of drug-likeness (QED) is 0.673. The molecule has 2 fully saturated rings. The summed E-state index contributed by atoms with van der Waals surface area (Å²) >= 11 is 0. The maximum absolute atomic E-state index is 12.8. The first-order valence-electron chi connectivity index (χ1n) is 9.90. The number of methoxy groups -OCH3 is 1. The highest BCUT2D eigenvalue weighted by atomic mass is 16.5. The number of hydrogen-bond acceptors (Lipinski definition) is 6. The van der Waals surface area contributed by atoms with Gasteiger partial charge in [0.1, 0.15) is 5.56 Å². The van der Waals surface area contributed by atoms with E-state index in [2.05, 4.69) is 4.90 Å². The third kappa shape index (κ3) is 3.26. The fraction of sp³-hybridized carbons (Fsp3) is 0.524. The van der Waals surface area contributed by atoms with E-state index in [9.17, 15) is 24.9 Å². The maximum atomic E-state index is 12.8. The van der Waals surface area contributed by atoms with Crippen LogP contribution in [0.15, 0.2) is 23.1 Å². The van der Waals surface area contributed by atoms with Crippen LogP contribution in [0.25, 0.3) is 10.9 Å². The monoisotopic (exact) mass is 402 g/mol. The summed E-state index contributed by atoms with van der Waals surface area (Å²) in [4.78, 5) is 26.5. The molecule has 1 aromatic heterocycles. The Bertz CT molecular complexity index is 996. The van der Waals surface area contributed by atoms with Crippen LogP contribution >= 0.6 is 0 Å². The number of aliphatic hydroxyl groups excluding tert-OH is 2. The Morgan fingerprint density at radius 2 is 1.86 bits per heavy atom. The predicted octanol–water partition coefficient (Wildman–Crippen LogP) is 1.61. The first kappa shape index (κ1) is 19.7. The summed E-state index contributed by atoms with van der Waals surface area (Å²) in [5, 5.41) is 29.1. The molecule has 2 aromatic rings. The van der Waals surface area contributed by atoms with Crippen LogP contribution in [0, 0.1) is 5.41 Å². The molecule has 0 unspecified atom stereocenters. The highest BCUT2D eigenvalue weighted by Crippen LogP contribution is 2.43. The Kier molecular flexibility index (Phi) is 5.00.